The Morgan fingerprint density at radius 2 is 1.81 bits per heavy atom. The zero-order valence-electron chi connectivity index (χ0n) is 13.6. The van der Waals surface area contributed by atoms with Crippen LogP contribution in [0.1, 0.15) is 0 Å². The molecule has 0 fully saturated rings. The van der Waals surface area contributed by atoms with Crippen molar-refractivity contribution in [1.82, 2.24) is 19.9 Å². The predicted molar refractivity (Wildman–Crippen MR) is 106 cm³/mol. The highest BCUT2D eigenvalue weighted by atomic mass is 32.1. The Labute approximate surface area is 153 Å². The molecule has 6 heteroatoms. The van der Waals surface area contributed by atoms with Crippen molar-refractivity contribution in [2.45, 2.75) is 0 Å². The summed E-state index contributed by atoms with van der Waals surface area (Å²) in [6.07, 6.45) is 3.27. The number of hydrogen-bond donors (Lipinski definition) is 1. The smallest absolute Gasteiger partial charge is 0.136 e. The van der Waals surface area contributed by atoms with E-state index in [1.165, 1.54) is 6.33 Å². The fourth-order valence-electron chi connectivity index (χ4n) is 3.05. The average Bonchev–Trinajstić information content (AvgIpc) is 3.13. The lowest BCUT2D eigenvalue weighted by atomic mass is 10.0. The molecule has 4 aromatic heterocycles. The second kappa shape index (κ2) is 5.86. The lowest BCUT2D eigenvalue weighted by Gasteiger charge is -2.06. The number of pyridine rings is 2. The van der Waals surface area contributed by atoms with Gasteiger partial charge in [0.15, 0.2) is 0 Å². The number of nitrogens with zero attached hydrogens (tertiary/aromatic N) is 4. The van der Waals surface area contributed by atoms with Crippen LogP contribution >= 0.6 is 11.3 Å². The van der Waals surface area contributed by atoms with Crippen molar-refractivity contribution >= 4 is 38.3 Å². The predicted octanol–water partition coefficient (Wildman–Crippen LogP) is 4.55. The number of anilines is 1. The first kappa shape index (κ1) is 14.9. The summed E-state index contributed by atoms with van der Waals surface area (Å²) in [7, 11) is 0. The van der Waals surface area contributed by atoms with Gasteiger partial charge in [-0.3, -0.25) is 4.98 Å². The maximum absolute atomic E-state index is 6.08. The van der Waals surface area contributed by atoms with Crippen LogP contribution < -0.4 is 5.73 Å². The highest BCUT2D eigenvalue weighted by Gasteiger charge is 2.12. The largest absolute Gasteiger partial charge is 0.383 e. The third-order valence-electron chi connectivity index (χ3n) is 4.33. The molecule has 0 radical (unpaired) electrons. The summed E-state index contributed by atoms with van der Waals surface area (Å²) >= 11 is 1.57. The van der Waals surface area contributed by atoms with E-state index < -0.39 is 0 Å². The Morgan fingerprint density at radius 1 is 0.885 bits per heavy atom. The van der Waals surface area contributed by atoms with Gasteiger partial charge in [-0.25, -0.2) is 15.0 Å². The van der Waals surface area contributed by atoms with Crippen molar-refractivity contribution in [3.63, 3.8) is 0 Å². The van der Waals surface area contributed by atoms with Crippen LogP contribution in [0.4, 0.5) is 5.82 Å². The summed E-state index contributed by atoms with van der Waals surface area (Å²) in [6.45, 7) is 0. The van der Waals surface area contributed by atoms with Crippen molar-refractivity contribution in [2.24, 2.45) is 0 Å². The molecule has 0 aliphatic rings. The number of nitrogens with two attached hydrogens (primary N) is 1. The molecule has 0 atom stereocenters. The Morgan fingerprint density at radius 3 is 2.69 bits per heavy atom. The second-order valence-corrected chi connectivity index (χ2v) is 6.77. The van der Waals surface area contributed by atoms with E-state index in [-0.39, 0.29) is 0 Å². The van der Waals surface area contributed by atoms with E-state index in [1.54, 1.807) is 17.5 Å². The molecule has 0 aliphatic heterocycles. The van der Waals surface area contributed by atoms with Gasteiger partial charge >= 0.3 is 0 Å². The minimum absolute atomic E-state index is 0.501. The van der Waals surface area contributed by atoms with Crippen LogP contribution in [0.3, 0.4) is 0 Å². The molecule has 5 nitrogen and oxygen atoms in total. The zero-order chi connectivity index (χ0) is 17.5. The number of rotatable bonds is 2. The average molecular weight is 355 g/mol. The van der Waals surface area contributed by atoms with Crippen LogP contribution in [-0.2, 0) is 0 Å². The number of thiophene rings is 1. The highest BCUT2D eigenvalue weighted by molar-refractivity contribution is 7.17. The lowest BCUT2D eigenvalue weighted by Crippen LogP contribution is -1.92. The van der Waals surface area contributed by atoms with E-state index in [0.717, 1.165) is 43.6 Å². The first-order valence-electron chi connectivity index (χ1n) is 8.10. The molecule has 1 aromatic carbocycles. The SMILES string of the molecule is Nc1ncnc2scc(-c3ccc4ccc(-c5ccccn5)nc4c3)c12. The van der Waals surface area contributed by atoms with Gasteiger partial charge in [0.2, 0.25) is 0 Å². The van der Waals surface area contributed by atoms with Crippen molar-refractivity contribution in [2.75, 3.05) is 5.73 Å². The summed E-state index contributed by atoms with van der Waals surface area (Å²) in [5.41, 5.74) is 10.8. The van der Waals surface area contributed by atoms with E-state index in [4.69, 9.17) is 10.7 Å². The van der Waals surface area contributed by atoms with Crippen molar-refractivity contribution in [3.8, 4) is 22.5 Å². The Hall–Kier alpha value is -3.38. The number of benzene rings is 1. The molecule has 0 saturated carbocycles. The fraction of sp³-hybridized carbons (Fsp3) is 0. The summed E-state index contributed by atoms with van der Waals surface area (Å²) < 4.78 is 0. The van der Waals surface area contributed by atoms with Gasteiger partial charge in [-0.05, 0) is 29.8 Å². The number of hydrogen-bond acceptors (Lipinski definition) is 6. The Bertz CT molecular complexity index is 1250. The topological polar surface area (TPSA) is 77.6 Å². The molecule has 0 bridgehead atoms. The Kier molecular flexibility index (Phi) is 3.36. The highest BCUT2D eigenvalue weighted by Crippen LogP contribution is 2.36. The number of aromatic nitrogens is 4. The molecular formula is C20H13N5S. The maximum Gasteiger partial charge on any atom is 0.136 e. The quantitative estimate of drug-likeness (QED) is 0.502. The van der Waals surface area contributed by atoms with Crippen LogP contribution in [0.5, 0.6) is 0 Å². The molecule has 5 rings (SSSR count). The summed E-state index contributed by atoms with van der Waals surface area (Å²) in [6, 6.07) is 16.1. The van der Waals surface area contributed by atoms with E-state index in [1.807, 2.05) is 24.3 Å². The van der Waals surface area contributed by atoms with Crippen molar-refractivity contribution in [3.05, 3.63) is 66.4 Å². The molecular weight excluding hydrogens is 342 g/mol. The van der Waals surface area contributed by atoms with E-state index >= 15 is 0 Å². The van der Waals surface area contributed by atoms with Crippen LogP contribution in [0, 0.1) is 0 Å². The van der Waals surface area contributed by atoms with E-state index in [2.05, 4.69) is 44.6 Å². The molecule has 5 aromatic rings. The monoisotopic (exact) mass is 355 g/mol. The van der Waals surface area contributed by atoms with Gasteiger partial charge < -0.3 is 5.73 Å². The minimum Gasteiger partial charge on any atom is -0.383 e. The van der Waals surface area contributed by atoms with Gasteiger partial charge in [-0.2, -0.15) is 0 Å². The second-order valence-electron chi connectivity index (χ2n) is 5.91. The van der Waals surface area contributed by atoms with Gasteiger partial charge in [0.05, 0.1) is 22.3 Å². The number of nitrogen functional groups attached to an aromatic ring is 1. The van der Waals surface area contributed by atoms with Gasteiger partial charge in [0, 0.05) is 22.5 Å². The molecule has 124 valence electrons. The van der Waals surface area contributed by atoms with Gasteiger partial charge in [0.25, 0.3) is 0 Å². The molecule has 2 N–H and O–H groups in total. The van der Waals surface area contributed by atoms with E-state index in [9.17, 15) is 0 Å². The molecule has 0 unspecified atom stereocenters. The molecule has 26 heavy (non-hydrogen) atoms. The van der Waals surface area contributed by atoms with Crippen LogP contribution in [0.15, 0.2) is 66.4 Å². The summed E-state index contributed by atoms with van der Waals surface area (Å²) in [5.74, 6) is 0.501. The van der Waals surface area contributed by atoms with Crippen molar-refractivity contribution < 1.29 is 0 Å². The molecule has 0 spiro atoms. The minimum atomic E-state index is 0.501. The molecule has 0 aliphatic carbocycles. The molecule has 4 heterocycles. The Balaban J connectivity index is 1.69. The van der Waals surface area contributed by atoms with Crippen LogP contribution in [-0.4, -0.2) is 19.9 Å². The van der Waals surface area contributed by atoms with Gasteiger partial charge in [-0.15, -0.1) is 11.3 Å². The molecule has 0 amide bonds. The zero-order valence-corrected chi connectivity index (χ0v) is 14.4. The fourth-order valence-corrected chi connectivity index (χ4v) is 3.98. The normalized spacial score (nSPS) is 11.2. The van der Waals surface area contributed by atoms with E-state index in [0.29, 0.717) is 5.82 Å². The van der Waals surface area contributed by atoms with Crippen LogP contribution in [0.2, 0.25) is 0 Å². The first-order valence-corrected chi connectivity index (χ1v) is 8.98. The number of fused-ring (bicyclic) bond motifs is 2. The third kappa shape index (κ3) is 2.39. The first-order chi connectivity index (χ1) is 12.8. The standard InChI is InChI=1S/C20H13N5S/c21-19-18-14(10-26-20(18)24-11-23-19)13-5-4-12-6-7-16(25-17(12)9-13)15-3-1-2-8-22-15/h1-11H,(H2,21,23,24). The van der Waals surface area contributed by atoms with Crippen molar-refractivity contribution in [1.29, 1.82) is 0 Å². The molecule has 0 saturated heterocycles. The summed E-state index contributed by atoms with van der Waals surface area (Å²) in [4.78, 5) is 18.5. The summed E-state index contributed by atoms with van der Waals surface area (Å²) in [5, 5.41) is 4.05. The third-order valence-corrected chi connectivity index (χ3v) is 5.22. The van der Waals surface area contributed by atoms with Gasteiger partial charge in [-0.1, -0.05) is 24.3 Å². The van der Waals surface area contributed by atoms with Gasteiger partial charge in [0.1, 0.15) is 17.0 Å². The lowest BCUT2D eigenvalue weighted by molar-refractivity contribution is 1.24. The maximum atomic E-state index is 6.08. The van der Waals surface area contributed by atoms with Crippen LogP contribution in [0.25, 0.3) is 43.6 Å².